The molecule has 2 saturated heterocycles. The molecular formula is C13H24N2O2. The van der Waals surface area contributed by atoms with Crippen molar-refractivity contribution in [1.82, 2.24) is 10.2 Å². The van der Waals surface area contributed by atoms with Gasteiger partial charge in [-0.2, -0.15) is 0 Å². The van der Waals surface area contributed by atoms with Gasteiger partial charge in [-0.15, -0.1) is 0 Å². The Hall–Kier alpha value is -0.610. The Morgan fingerprint density at radius 1 is 1.29 bits per heavy atom. The van der Waals surface area contributed by atoms with Gasteiger partial charge in [-0.05, 0) is 44.6 Å². The third-order valence-corrected chi connectivity index (χ3v) is 4.11. The lowest BCUT2D eigenvalue weighted by Gasteiger charge is -2.35. The number of carbonyl (C=O) groups excluding carboxylic acids is 1. The number of likely N-dealkylation sites (tertiary alicyclic amines) is 1. The van der Waals surface area contributed by atoms with Gasteiger partial charge in [0, 0.05) is 26.2 Å². The molecule has 0 aromatic carbocycles. The maximum absolute atomic E-state index is 12.3. The Labute approximate surface area is 103 Å². The summed E-state index contributed by atoms with van der Waals surface area (Å²) in [4.78, 5) is 14.3. The van der Waals surface area contributed by atoms with Gasteiger partial charge in [-0.1, -0.05) is 0 Å². The van der Waals surface area contributed by atoms with Gasteiger partial charge in [0.1, 0.15) is 0 Å². The first-order chi connectivity index (χ1) is 8.31. The van der Waals surface area contributed by atoms with E-state index in [9.17, 15) is 4.79 Å². The molecule has 0 aromatic rings. The third-order valence-electron chi connectivity index (χ3n) is 4.11. The SMILES string of the molecule is O=C([C@@H]1CCCNC1)N1CCC(CCO)CC1. The maximum atomic E-state index is 12.3. The number of carbonyl (C=O) groups is 1. The van der Waals surface area contributed by atoms with E-state index < -0.39 is 0 Å². The van der Waals surface area contributed by atoms with E-state index >= 15 is 0 Å². The van der Waals surface area contributed by atoms with Crippen molar-refractivity contribution in [3.8, 4) is 0 Å². The predicted octanol–water partition coefficient (Wildman–Crippen LogP) is 0.607. The third kappa shape index (κ3) is 3.42. The maximum Gasteiger partial charge on any atom is 0.226 e. The van der Waals surface area contributed by atoms with E-state index in [4.69, 9.17) is 5.11 Å². The predicted molar refractivity (Wildman–Crippen MR) is 66.6 cm³/mol. The number of nitrogens with one attached hydrogen (secondary N) is 1. The van der Waals surface area contributed by atoms with Crippen molar-refractivity contribution in [3.05, 3.63) is 0 Å². The molecule has 2 aliphatic heterocycles. The minimum absolute atomic E-state index is 0.207. The van der Waals surface area contributed by atoms with Crippen molar-refractivity contribution in [2.75, 3.05) is 32.8 Å². The number of hydrogen-bond donors (Lipinski definition) is 2. The van der Waals surface area contributed by atoms with Gasteiger partial charge in [0.25, 0.3) is 0 Å². The molecule has 0 radical (unpaired) electrons. The molecule has 0 aromatic heterocycles. The van der Waals surface area contributed by atoms with Gasteiger partial charge in [-0.25, -0.2) is 0 Å². The van der Waals surface area contributed by atoms with Crippen LogP contribution in [0.4, 0.5) is 0 Å². The van der Waals surface area contributed by atoms with Crippen LogP contribution in [0.25, 0.3) is 0 Å². The zero-order valence-electron chi connectivity index (χ0n) is 10.5. The average molecular weight is 240 g/mol. The van der Waals surface area contributed by atoms with Gasteiger partial charge in [0.15, 0.2) is 0 Å². The van der Waals surface area contributed by atoms with Gasteiger partial charge < -0.3 is 15.3 Å². The first-order valence-electron chi connectivity index (χ1n) is 6.91. The lowest BCUT2D eigenvalue weighted by molar-refractivity contribution is -0.137. The molecular weight excluding hydrogens is 216 g/mol. The summed E-state index contributed by atoms with van der Waals surface area (Å²) in [6.07, 6.45) is 5.19. The highest BCUT2D eigenvalue weighted by Crippen LogP contribution is 2.22. The monoisotopic (exact) mass is 240 g/mol. The number of aliphatic hydroxyl groups is 1. The van der Waals surface area contributed by atoms with Gasteiger partial charge in [-0.3, -0.25) is 4.79 Å². The Balaban J connectivity index is 1.77. The zero-order chi connectivity index (χ0) is 12.1. The van der Waals surface area contributed by atoms with Crippen molar-refractivity contribution in [1.29, 1.82) is 0 Å². The minimum Gasteiger partial charge on any atom is -0.396 e. The summed E-state index contributed by atoms with van der Waals surface area (Å²) in [7, 11) is 0. The highest BCUT2D eigenvalue weighted by atomic mass is 16.3. The second kappa shape index (κ2) is 6.36. The molecule has 1 atom stereocenters. The van der Waals surface area contributed by atoms with Crippen LogP contribution in [0.1, 0.15) is 32.1 Å². The minimum atomic E-state index is 0.207. The number of rotatable bonds is 3. The van der Waals surface area contributed by atoms with Gasteiger partial charge in [0.2, 0.25) is 5.91 Å². The van der Waals surface area contributed by atoms with Crippen molar-refractivity contribution in [3.63, 3.8) is 0 Å². The average Bonchev–Trinajstić information content (AvgIpc) is 2.40. The molecule has 2 rings (SSSR count). The summed E-state index contributed by atoms with van der Waals surface area (Å²) in [5.41, 5.74) is 0. The Morgan fingerprint density at radius 2 is 2.06 bits per heavy atom. The van der Waals surface area contributed by atoms with Crippen LogP contribution >= 0.6 is 0 Å². The van der Waals surface area contributed by atoms with E-state index in [0.29, 0.717) is 11.8 Å². The van der Waals surface area contributed by atoms with Crippen LogP contribution in [0.3, 0.4) is 0 Å². The van der Waals surface area contributed by atoms with E-state index in [-0.39, 0.29) is 12.5 Å². The fourth-order valence-electron chi connectivity index (χ4n) is 2.95. The standard InChI is InChI=1S/C13H24N2O2/c16-9-5-11-3-7-15(8-4-11)13(17)12-2-1-6-14-10-12/h11-12,14,16H,1-10H2/t12-/m1/s1. The first kappa shape index (κ1) is 12.8. The summed E-state index contributed by atoms with van der Waals surface area (Å²) >= 11 is 0. The summed E-state index contributed by atoms with van der Waals surface area (Å²) < 4.78 is 0. The van der Waals surface area contributed by atoms with Crippen molar-refractivity contribution >= 4 is 5.91 Å². The van der Waals surface area contributed by atoms with Crippen LogP contribution < -0.4 is 5.32 Å². The normalized spacial score (nSPS) is 27.1. The van der Waals surface area contributed by atoms with Crippen LogP contribution in [-0.4, -0.2) is 48.7 Å². The molecule has 0 unspecified atom stereocenters. The second-order valence-electron chi connectivity index (χ2n) is 5.32. The number of hydrogen-bond acceptors (Lipinski definition) is 3. The van der Waals surface area contributed by atoms with Crippen molar-refractivity contribution in [2.45, 2.75) is 32.1 Å². The Morgan fingerprint density at radius 3 is 2.65 bits per heavy atom. The molecule has 0 saturated carbocycles. The molecule has 98 valence electrons. The number of amides is 1. The molecule has 17 heavy (non-hydrogen) atoms. The lowest BCUT2D eigenvalue weighted by Crippen LogP contribution is -2.46. The largest absolute Gasteiger partial charge is 0.396 e. The van der Waals surface area contributed by atoms with Gasteiger partial charge in [0.05, 0.1) is 5.92 Å². The van der Waals surface area contributed by atoms with Gasteiger partial charge >= 0.3 is 0 Å². The molecule has 0 bridgehead atoms. The molecule has 4 heteroatoms. The van der Waals surface area contributed by atoms with Crippen LogP contribution in [0.5, 0.6) is 0 Å². The molecule has 2 fully saturated rings. The summed E-state index contributed by atoms with van der Waals surface area (Å²) in [6, 6.07) is 0. The summed E-state index contributed by atoms with van der Waals surface area (Å²) in [5.74, 6) is 1.17. The van der Waals surface area contributed by atoms with E-state index in [1.165, 1.54) is 0 Å². The molecule has 4 nitrogen and oxygen atoms in total. The van der Waals surface area contributed by atoms with E-state index in [1.807, 2.05) is 4.90 Å². The smallest absolute Gasteiger partial charge is 0.226 e. The molecule has 2 aliphatic rings. The quantitative estimate of drug-likeness (QED) is 0.760. The van der Waals surface area contributed by atoms with E-state index in [2.05, 4.69) is 5.32 Å². The van der Waals surface area contributed by atoms with E-state index in [1.54, 1.807) is 0 Å². The summed E-state index contributed by atoms with van der Waals surface area (Å²) in [6.45, 7) is 3.98. The van der Waals surface area contributed by atoms with Crippen molar-refractivity contribution in [2.24, 2.45) is 11.8 Å². The van der Waals surface area contributed by atoms with Crippen LogP contribution in [0.2, 0.25) is 0 Å². The number of nitrogens with zero attached hydrogens (tertiary/aromatic N) is 1. The number of aliphatic hydroxyl groups excluding tert-OH is 1. The Bertz CT molecular complexity index is 244. The fourth-order valence-corrected chi connectivity index (χ4v) is 2.95. The van der Waals surface area contributed by atoms with Crippen LogP contribution in [0, 0.1) is 11.8 Å². The highest BCUT2D eigenvalue weighted by molar-refractivity contribution is 5.79. The molecule has 2 N–H and O–H groups in total. The van der Waals surface area contributed by atoms with Crippen LogP contribution in [-0.2, 0) is 4.79 Å². The topological polar surface area (TPSA) is 52.6 Å². The fraction of sp³-hybridized carbons (Fsp3) is 0.923. The summed E-state index contributed by atoms with van der Waals surface area (Å²) in [5, 5.41) is 12.2. The number of piperidine rings is 2. The molecule has 2 heterocycles. The molecule has 0 aliphatic carbocycles. The van der Waals surface area contributed by atoms with E-state index in [0.717, 1.165) is 58.3 Å². The lowest BCUT2D eigenvalue weighted by atomic mass is 9.92. The molecule has 1 amide bonds. The first-order valence-corrected chi connectivity index (χ1v) is 6.91. The zero-order valence-corrected chi connectivity index (χ0v) is 10.5. The van der Waals surface area contributed by atoms with Crippen LogP contribution in [0.15, 0.2) is 0 Å². The second-order valence-corrected chi connectivity index (χ2v) is 5.32. The Kier molecular flexibility index (Phi) is 4.80. The van der Waals surface area contributed by atoms with Crippen molar-refractivity contribution < 1.29 is 9.90 Å². The highest BCUT2D eigenvalue weighted by Gasteiger charge is 2.28. The molecule has 0 spiro atoms.